The van der Waals surface area contributed by atoms with E-state index in [4.69, 9.17) is 9.47 Å². The monoisotopic (exact) mass is 700 g/mol. The van der Waals surface area contributed by atoms with E-state index in [9.17, 15) is 12.8 Å². The first kappa shape index (κ1) is 32.8. The van der Waals surface area contributed by atoms with Crippen LogP contribution >= 0.6 is 15.9 Å². The Bertz CT molecular complexity index is 1830. The second-order valence-electron chi connectivity index (χ2n) is 11.1. The Hall–Kier alpha value is -3.61. The Kier molecular flexibility index (Phi) is 9.76. The first-order chi connectivity index (χ1) is 21.5. The number of likely N-dealkylation sites (N-methyl/N-ethyl adjacent to an activating group) is 1. The van der Waals surface area contributed by atoms with Gasteiger partial charge in [0.25, 0.3) is 0 Å². The number of aromatic nitrogens is 2. The molecular formula is C33H35BrF2N4O4S. The number of halogens is 3. The molecule has 0 saturated heterocycles. The number of rotatable bonds is 12. The zero-order valence-electron chi connectivity index (χ0n) is 25.4. The maximum absolute atomic E-state index is 16.0. The molecule has 2 unspecified atom stereocenters. The second-order valence-corrected chi connectivity index (χ2v) is 14.4. The summed E-state index contributed by atoms with van der Waals surface area (Å²) >= 11 is 3.54. The molecular weight excluding hydrogens is 666 g/mol. The Balaban J connectivity index is 1.49. The van der Waals surface area contributed by atoms with Crippen molar-refractivity contribution in [1.29, 1.82) is 0 Å². The fourth-order valence-corrected chi connectivity index (χ4v) is 7.81. The summed E-state index contributed by atoms with van der Waals surface area (Å²) < 4.78 is 70.6. The van der Waals surface area contributed by atoms with Crippen molar-refractivity contribution in [3.63, 3.8) is 0 Å². The molecule has 2 heterocycles. The summed E-state index contributed by atoms with van der Waals surface area (Å²) in [6, 6.07) is 13.9. The summed E-state index contributed by atoms with van der Waals surface area (Å²) in [7, 11) is -3.68. The molecule has 0 radical (unpaired) electrons. The van der Waals surface area contributed by atoms with Crippen LogP contribution in [0.4, 0.5) is 20.3 Å². The van der Waals surface area contributed by atoms with Gasteiger partial charge in [-0.15, -0.1) is 0 Å². The SMILES string of the molecule is CCC(N(CC)S(=O)(=O)C(C)C)C1(c2cc3c(Nc4ccc(OCc5cccc(F)c5)c(Br)c4)ncnc3cc2F)CC=CO1. The third-order valence-corrected chi connectivity index (χ3v) is 10.9. The van der Waals surface area contributed by atoms with Crippen LogP contribution in [-0.4, -0.2) is 40.5 Å². The number of benzene rings is 3. The molecule has 1 aliphatic rings. The van der Waals surface area contributed by atoms with Crippen LogP contribution in [0.25, 0.3) is 10.9 Å². The van der Waals surface area contributed by atoms with Crippen molar-refractivity contribution in [3.05, 3.63) is 100 Å². The van der Waals surface area contributed by atoms with E-state index in [1.54, 1.807) is 57.2 Å². The molecule has 1 aromatic heterocycles. The van der Waals surface area contributed by atoms with Gasteiger partial charge in [0.05, 0.1) is 27.5 Å². The number of anilines is 2. The zero-order chi connectivity index (χ0) is 32.4. The van der Waals surface area contributed by atoms with Crippen LogP contribution in [0.1, 0.15) is 51.7 Å². The molecule has 0 amide bonds. The minimum atomic E-state index is -3.68. The van der Waals surface area contributed by atoms with Crippen LogP contribution in [0.3, 0.4) is 0 Å². The summed E-state index contributed by atoms with van der Waals surface area (Å²) in [4.78, 5) is 8.74. The minimum Gasteiger partial charge on any atom is -0.488 e. The summed E-state index contributed by atoms with van der Waals surface area (Å²) in [5.74, 6) is 0.120. The number of fused-ring (bicyclic) bond motifs is 1. The molecule has 0 aliphatic carbocycles. The van der Waals surface area contributed by atoms with E-state index in [0.717, 1.165) is 0 Å². The van der Waals surface area contributed by atoms with Gasteiger partial charge in [0, 0.05) is 35.7 Å². The van der Waals surface area contributed by atoms with E-state index in [1.807, 2.05) is 13.0 Å². The lowest BCUT2D eigenvalue weighted by molar-refractivity contribution is -0.0265. The highest BCUT2D eigenvalue weighted by Gasteiger charge is 2.50. The first-order valence-corrected chi connectivity index (χ1v) is 17.0. The molecule has 1 N–H and O–H groups in total. The van der Waals surface area contributed by atoms with Crippen molar-refractivity contribution in [1.82, 2.24) is 14.3 Å². The summed E-state index contributed by atoms with van der Waals surface area (Å²) in [6.07, 6.45) is 5.34. The molecule has 8 nitrogen and oxygen atoms in total. The van der Waals surface area contributed by atoms with Crippen LogP contribution in [0.2, 0.25) is 0 Å². The van der Waals surface area contributed by atoms with Crippen LogP contribution in [-0.2, 0) is 27.0 Å². The van der Waals surface area contributed by atoms with Crippen molar-refractivity contribution in [2.24, 2.45) is 0 Å². The van der Waals surface area contributed by atoms with Crippen molar-refractivity contribution in [2.75, 3.05) is 11.9 Å². The molecule has 2 atom stereocenters. The van der Waals surface area contributed by atoms with E-state index >= 15 is 4.39 Å². The molecule has 0 bridgehead atoms. The highest BCUT2D eigenvalue weighted by molar-refractivity contribution is 9.10. The topological polar surface area (TPSA) is 93.7 Å². The van der Waals surface area contributed by atoms with Crippen molar-refractivity contribution in [2.45, 2.75) is 64.0 Å². The third-order valence-electron chi connectivity index (χ3n) is 7.96. The molecule has 1 aliphatic heterocycles. The highest BCUT2D eigenvalue weighted by atomic mass is 79.9. The van der Waals surface area contributed by atoms with Crippen LogP contribution < -0.4 is 10.1 Å². The smallest absolute Gasteiger partial charge is 0.216 e. The van der Waals surface area contributed by atoms with E-state index in [0.29, 0.717) is 51.0 Å². The van der Waals surface area contributed by atoms with Crippen LogP contribution in [0.15, 0.2) is 77.7 Å². The second kappa shape index (κ2) is 13.4. The fourth-order valence-electron chi connectivity index (χ4n) is 5.74. The van der Waals surface area contributed by atoms with Gasteiger partial charge in [-0.2, -0.15) is 4.31 Å². The maximum Gasteiger partial charge on any atom is 0.216 e. The Morgan fingerprint density at radius 2 is 1.91 bits per heavy atom. The fraction of sp³-hybridized carbons (Fsp3) is 0.333. The highest BCUT2D eigenvalue weighted by Crippen LogP contribution is 2.45. The summed E-state index contributed by atoms with van der Waals surface area (Å²) in [5.41, 5.74) is 0.685. The largest absolute Gasteiger partial charge is 0.488 e. The third kappa shape index (κ3) is 6.54. The van der Waals surface area contributed by atoms with E-state index in [-0.39, 0.29) is 24.5 Å². The van der Waals surface area contributed by atoms with E-state index in [1.165, 1.54) is 35.1 Å². The van der Waals surface area contributed by atoms with Gasteiger partial charge >= 0.3 is 0 Å². The van der Waals surface area contributed by atoms with Crippen molar-refractivity contribution >= 4 is 48.4 Å². The number of sulfonamides is 1. The predicted octanol–water partition coefficient (Wildman–Crippen LogP) is 7.96. The number of nitrogens with zero attached hydrogens (tertiary/aromatic N) is 3. The molecule has 0 fully saturated rings. The van der Waals surface area contributed by atoms with Gasteiger partial charge in [0.2, 0.25) is 10.0 Å². The normalized spacial score (nSPS) is 17.2. The van der Waals surface area contributed by atoms with Gasteiger partial charge in [-0.05, 0) is 84.2 Å². The molecule has 4 aromatic rings. The number of nitrogens with one attached hydrogen (secondary N) is 1. The van der Waals surface area contributed by atoms with E-state index in [2.05, 4.69) is 31.2 Å². The average Bonchev–Trinajstić information content (AvgIpc) is 3.49. The van der Waals surface area contributed by atoms with Crippen LogP contribution in [0.5, 0.6) is 5.75 Å². The molecule has 0 saturated carbocycles. The van der Waals surface area contributed by atoms with Crippen LogP contribution in [0, 0.1) is 11.6 Å². The zero-order valence-corrected chi connectivity index (χ0v) is 27.8. The molecule has 238 valence electrons. The minimum absolute atomic E-state index is 0.194. The molecule has 12 heteroatoms. The first-order valence-electron chi connectivity index (χ1n) is 14.7. The number of ether oxygens (including phenoxy) is 2. The summed E-state index contributed by atoms with van der Waals surface area (Å²) in [6.45, 7) is 7.34. The average molecular weight is 702 g/mol. The van der Waals surface area contributed by atoms with Gasteiger partial charge in [0.1, 0.15) is 36.1 Å². The standard InChI is InChI=1S/C33H35BrF2N4O4S/c1-5-31(40(6-2)45(41,42)21(3)4)33(13-8-14-44-33)26-17-25-29(18-28(26)36)37-20-38-32(25)39-24-11-12-30(27(34)16-24)43-19-22-9-7-10-23(35)15-22/h7-12,14-18,20-21,31H,5-6,13,19H2,1-4H3,(H,37,38,39). The molecule has 45 heavy (non-hydrogen) atoms. The lowest BCUT2D eigenvalue weighted by Gasteiger charge is -2.43. The maximum atomic E-state index is 16.0. The summed E-state index contributed by atoms with van der Waals surface area (Å²) in [5, 5.41) is 3.18. The van der Waals surface area contributed by atoms with Gasteiger partial charge in [-0.3, -0.25) is 0 Å². The van der Waals surface area contributed by atoms with Gasteiger partial charge in [0.15, 0.2) is 5.60 Å². The lowest BCUT2D eigenvalue weighted by Crippen LogP contribution is -2.54. The molecule has 5 rings (SSSR count). The number of hydrogen-bond donors (Lipinski definition) is 1. The quantitative estimate of drug-likeness (QED) is 0.160. The van der Waals surface area contributed by atoms with Crippen molar-refractivity contribution < 1.29 is 26.7 Å². The molecule has 3 aromatic carbocycles. The Labute approximate surface area is 270 Å². The van der Waals surface area contributed by atoms with Crippen molar-refractivity contribution in [3.8, 4) is 5.75 Å². The van der Waals surface area contributed by atoms with E-state index < -0.39 is 32.7 Å². The van der Waals surface area contributed by atoms with Gasteiger partial charge in [-0.1, -0.05) is 26.0 Å². The predicted molar refractivity (Wildman–Crippen MR) is 175 cm³/mol. The number of hydrogen-bond acceptors (Lipinski definition) is 7. The Morgan fingerprint density at radius 3 is 2.56 bits per heavy atom. The lowest BCUT2D eigenvalue weighted by atomic mass is 9.81. The van der Waals surface area contributed by atoms with Gasteiger partial charge in [-0.25, -0.2) is 27.2 Å². The Morgan fingerprint density at radius 1 is 1.11 bits per heavy atom. The molecule has 0 spiro atoms. The van der Waals surface area contributed by atoms with Gasteiger partial charge < -0.3 is 14.8 Å².